The van der Waals surface area contributed by atoms with E-state index < -0.39 is 0 Å². The van der Waals surface area contributed by atoms with Gasteiger partial charge in [-0.1, -0.05) is 15.9 Å². The molecule has 17 heavy (non-hydrogen) atoms. The fraction of sp³-hybridized carbons (Fsp3) is 0.583. The second-order valence-corrected chi connectivity index (χ2v) is 5.87. The maximum absolute atomic E-state index is 5.82. The minimum absolute atomic E-state index is 0.240. The molecule has 0 aliphatic carbocycles. The molecule has 0 N–H and O–H groups in total. The molecule has 0 bridgehead atoms. The van der Waals surface area contributed by atoms with Gasteiger partial charge in [-0.05, 0) is 41.9 Å². The van der Waals surface area contributed by atoms with Crippen LogP contribution >= 0.6 is 31.9 Å². The van der Waals surface area contributed by atoms with Crippen molar-refractivity contribution in [3.8, 4) is 0 Å². The van der Waals surface area contributed by atoms with Crippen molar-refractivity contribution in [1.29, 1.82) is 0 Å². The third-order valence-corrected chi connectivity index (χ3v) is 4.39. The Bertz CT molecular complexity index is 400. The second kappa shape index (κ2) is 5.67. The molecule has 0 radical (unpaired) electrons. The van der Waals surface area contributed by atoms with Crippen LogP contribution in [-0.4, -0.2) is 35.6 Å². The van der Waals surface area contributed by atoms with E-state index in [1.165, 1.54) is 0 Å². The lowest BCUT2D eigenvalue weighted by Crippen LogP contribution is -2.47. The molecule has 1 saturated heterocycles. The summed E-state index contributed by atoms with van der Waals surface area (Å²) in [7, 11) is 0. The molecule has 0 aromatic carbocycles. The van der Waals surface area contributed by atoms with Gasteiger partial charge in [0.1, 0.15) is 5.82 Å². The highest BCUT2D eigenvalue weighted by Crippen LogP contribution is 2.22. The molecule has 2 unspecified atom stereocenters. The van der Waals surface area contributed by atoms with E-state index in [2.05, 4.69) is 60.8 Å². The summed E-state index contributed by atoms with van der Waals surface area (Å²) < 4.78 is 6.87. The van der Waals surface area contributed by atoms with E-state index in [4.69, 9.17) is 4.74 Å². The molecule has 1 aromatic heterocycles. The highest BCUT2D eigenvalue weighted by molar-refractivity contribution is 9.10. The summed E-state index contributed by atoms with van der Waals surface area (Å²) in [4.78, 5) is 6.90. The Kier molecular flexibility index (Phi) is 4.44. The zero-order valence-electron chi connectivity index (χ0n) is 9.99. The first-order valence-electron chi connectivity index (χ1n) is 5.69. The van der Waals surface area contributed by atoms with Crippen LogP contribution in [0.4, 0.5) is 5.82 Å². The average molecular weight is 364 g/mol. The monoisotopic (exact) mass is 362 g/mol. The van der Waals surface area contributed by atoms with Crippen LogP contribution in [0.1, 0.15) is 12.6 Å². The molecular weight excluding hydrogens is 348 g/mol. The van der Waals surface area contributed by atoms with Gasteiger partial charge in [0, 0.05) is 22.9 Å². The van der Waals surface area contributed by atoms with Gasteiger partial charge >= 0.3 is 0 Å². The molecule has 1 aliphatic rings. The number of alkyl halides is 1. The molecule has 1 aromatic rings. The molecule has 0 amide bonds. The van der Waals surface area contributed by atoms with Crippen LogP contribution in [0, 0.1) is 6.92 Å². The lowest BCUT2D eigenvalue weighted by molar-refractivity contribution is -0.00224. The fourth-order valence-corrected chi connectivity index (χ4v) is 2.60. The third-order valence-electron chi connectivity index (χ3n) is 2.83. The summed E-state index contributed by atoms with van der Waals surface area (Å²) in [6.45, 7) is 5.91. The zero-order valence-corrected chi connectivity index (χ0v) is 13.2. The van der Waals surface area contributed by atoms with E-state index in [0.717, 1.165) is 34.4 Å². The molecule has 1 aliphatic heterocycles. The molecule has 3 nitrogen and oxygen atoms in total. The van der Waals surface area contributed by atoms with Gasteiger partial charge in [0.25, 0.3) is 0 Å². The van der Waals surface area contributed by atoms with Crippen molar-refractivity contribution in [1.82, 2.24) is 4.98 Å². The van der Waals surface area contributed by atoms with Crippen LogP contribution in [0.25, 0.3) is 0 Å². The number of hydrogen-bond acceptors (Lipinski definition) is 3. The number of aryl methyl sites for hydroxylation is 1. The van der Waals surface area contributed by atoms with Crippen molar-refractivity contribution < 1.29 is 4.74 Å². The minimum Gasteiger partial charge on any atom is -0.371 e. The number of nitrogens with zero attached hydrogens (tertiary/aromatic N) is 2. The Morgan fingerprint density at radius 1 is 1.47 bits per heavy atom. The van der Waals surface area contributed by atoms with E-state index in [9.17, 15) is 0 Å². The maximum atomic E-state index is 5.82. The first-order chi connectivity index (χ1) is 8.10. The zero-order chi connectivity index (χ0) is 12.4. The van der Waals surface area contributed by atoms with Gasteiger partial charge in [-0.15, -0.1) is 0 Å². The molecule has 5 heteroatoms. The highest BCUT2D eigenvalue weighted by atomic mass is 79.9. The summed E-state index contributed by atoms with van der Waals surface area (Å²) in [6.07, 6.45) is 0.488. The third kappa shape index (κ3) is 3.20. The van der Waals surface area contributed by atoms with Crippen LogP contribution < -0.4 is 4.90 Å². The molecule has 1 fully saturated rings. The Morgan fingerprint density at radius 3 is 2.88 bits per heavy atom. The highest BCUT2D eigenvalue weighted by Gasteiger charge is 2.25. The summed E-state index contributed by atoms with van der Waals surface area (Å²) in [5.41, 5.74) is 1.03. The van der Waals surface area contributed by atoms with Crippen molar-refractivity contribution in [2.45, 2.75) is 26.1 Å². The van der Waals surface area contributed by atoms with Crippen molar-refractivity contribution in [2.24, 2.45) is 0 Å². The number of rotatable bonds is 2. The SMILES string of the molecule is Cc1nc(N2CC(C)OC(CBr)C2)ccc1Br. The maximum Gasteiger partial charge on any atom is 0.129 e. The minimum atomic E-state index is 0.240. The van der Waals surface area contributed by atoms with E-state index in [0.29, 0.717) is 0 Å². The number of halogens is 2. The predicted octanol–water partition coefficient (Wildman–Crippen LogP) is 3.14. The second-order valence-electron chi connectivity index (χ2n) is 4.36. The van der Waals surface area contributed by atoms with Crippen molar-refractivity contribution in [3.05, 3.63) is 22.3 Å². The Balaban J connectivity index is 2.17. The molecular formula is C12H16Br2N2O. The largest absolute Gasteiger partial charge is 0.371 e. The molecule has 2 heterocycles. The van der Waals surface area contributed by atoms with Gasteiger partial charge in [0.2, 0.25) is 0 Å². The Labute approximate surface area is 119 Å². The predicted molar refractivity (Wildman–Crippen MR) is 77.0 cm³/mol. The van der Waals surface area contributed by atoms with Crippen LogP contribution in [0.15, 0.2) is 16.6 Å². The van der Waals surface area contributed by atoms with Crippen LogP contribution in [-0.2, 0) is 4.74 Å². The van der Waals surface area contributed by atoms with Gasteiger partial charge in [-0.3, -0.25) is 0 Å². The summed E-state index contributed by atoms with van der Waals surface area (Å²) in [5.74, 6) is 1.03. The summed E-state index contributed by atoms with van der Waals surface area (Å²) >= 11 is 6.96. The number of pyridine rings is 1. The van der Waals surface area contributed by atoms with Gasteiger partial charge in [0.05, 0.1) is 17.9 Å². The van der Waals surface area contributed by atoms with E-state index in [1.54, 1.807) is 0 Å². The van der Waals surface area contributed by atoms with Gasteiger partial charge < -0.3 is 9.64 Å². The van der Waals surface area contributed by atoms with Crippen LogP contribution in [0.3, 0.4) is 0 Å². The Hall–Kier alpha value is -0.130. The molecule has 2 atom stereocenters. The molecule has 2 rings (SSSR count). The van der Waals surface area contributed by atoms with Crippen molar-refractivity contribution in [2.75, 3.05) is 23.3 Å². The molecule has 0 spiro atoms. The normalized spacial score (nSPS) is 25.1. The van der Waals surface area contributed by atoms with Gasteiger partial charge in [0.15, 0.2) is 0 Å². The molecule has 94 valence electrons. The smallest absolute Gasteiger partial charge is 0.129 e. The van der Waals surface area contributed by atoms with Gasteiger partial charge in [-0.2, -0.15) is 0 Å². The fourth-order valence-electron chi connectivity index (χ4n) is 2.02. The number of morpholine rings is 1. The number of hydrogen-bond donors (Lipinski definition) is 0. The summed E-state index contributed by atoms with van der Waals surface area (Å²) in [6, 6.07) is 4.11. The van der Waals surface area contributed by atoms with Gasteiger partial charge in [-0.25, -0.2) is 4.98 Å². The van der Waals surface area contributed by atoms with Crippen molar-refractivity contribution >= 4 is 37.7 Å². The number of ether oxygens (including phenoxy) is 1. The van der Waals surface area contributed by atoms with E-state index in [1.807, 2.05) is 6.92 Å². The average Bonchev–Trinajstić information content (AvgIpc) is 2.32. The van der Waals surface area contributed by atoms with Crippen molar-refractivity contribution in [3.63, 3.8) is 0 Å². The van der Waals surface area contributed by atoms with Crippen LogP contribution in [0.5, 0.6) is 0 Å². The summed E-state index contributed by atoms with van der Waals surface area (Å²) in [5, 5.41) is 0.864. The quantitative estimate of drug-likeness (QED) is 0.755. The first kappa shape index (κ1) is 13.3. The number of anilines is 1. The lowest BCUT2D eigenvalue weighted by Gasteiger charge is -2.37. The van der Waals surface area contributed by atoms with E-state index >= 15 is 0 Å². The topological polar surface area (TPSA) is 25.4 Å². The number of aromatic nitrogens is 1. The first-order valence-corrected chi connectivity index (χ1v) is 7.61. The standard InChI is InChI=1S/C12H16Br2N2O/c1-8-6-16(7-10(5-13)17-8)12-4-3-11(14)9(2)15-12/h3-4,8,10H,5-7H2,1-2H3. The molecule has 0 saturated carbocycles. The van der Waals surface area contributed by atoms with Crippen LogP contribution in [0.2, 0.25) is 0 Å². The lowest BCUT2D eigenvalue weighted by atomic mass is 10.2. The Morgan fingerprint density at radius 2 is 2.24 bits per heavy atom. The van der Waals surface area contributed by atoms with E-state index in [-0.39, 0.29) is 12.2 Å².